The Morgan fingerprint density at radius 3 is 2.68 bits per heavy atom. The van der Waals surface area contributed by atoms with Crippen LogP contribution in [0.3, 0.4) is 0 Å². The lowest BCUT2D eigenvalue weighted by molar-refractivity contribution is 0.0991. The maximum Gasteiger partial charge on any atom is 0.286 e. The highest BCUT2D eigenvalue weighted by atomic mass is 19.1. The van der Waals surface area contributed by atoms with E-state index in [9.17, 15) is 14.3 Å². The van der Waals surface area contributed by atoms with E-state index < -0.39 is 11.7 Å². The van der Waals surface area contributed by atoms with Gasteiger partial charge in [-0.1, -0.05) is 30.8 Å². The molecule has 0 aliphatic rings. The minimum atomic E-state index is -0.731. The number of hydrogen-bond acceptors (Lipinski definition) is 4. The molecule has 3 rings (SSSR count). The van der Waals surface area contributed by atoms with Crippen molar-refractivity contribution in [3.05, 3.63) is 66.2 Å². The van der Waals surface area contributed by atoms with Crippen LogP contribution in [-0.2, 0) is 0 Å². The van der Waals surface area contributed by atoms with Crippen molar-refractivity contribution in [2.45, 2.75) is 0 Å². The predicted octanol–water partition coefficient (Wildman–Crippen LogP) is 2.38. The number of carbonyl (C=O) groups is 1. The third-order valence-electron chi connectivity index (χ3n) is 3.73. The van der Waals surface area contributed by atoms with Gasteiger partial charge in [-0.2, -0.15) is 5.10 Å². The van der Waals surface area contributed by atoms with Gasteiger partial charge in [0.25, 0.3) is 5.91 Å². The Morgan fingerprint density at radius 1 is 1.24 bits per heavy atom. The average Bonchev–Trinajstić information content (AvgIpc) is 3.12. The summed E-state index contributed by atoms with van der Waals surface area (Å²) in [7, 11) is 0. The fraction of sp³-hybridized carbons (Fsp3) is 0.0556. The maximum atomic E-state index is 14.4. The molecular weight excluding hydrogens is 323 g/mol. The lowest BCUT2D eigenvalue weighted by Crippen LogP contribution is -2.12. The number of hydrogen-bond donors (Lipinski definition) is 3. The van der Waals surface area contributed by atoms with Gasteiger partial charge in [-0.15, -0.1) is 0 Å². The zero-order valence-electron chi connectivity index (χ0n) is 13.2. The molecule has 0 aliphatic carbocycles. The van der Waals surface area contributed by atoms with Crippen LogP contribution in [0.1, 0.15) is 16.2 Å². The van der Waals surface area contributed by atoms with E-state index in [2.05, 4.69) is 21.8 Å². The van der Waals surface area contributed by atoms with E-state index in [4.69, 9.17) is 5.73 Å². The maximum absolute atomic E-state index is 14.4. The van der Waals surface area contributed by atoms with Crippen molar-refractivity contribution in [2.75, 3.05) is 6.61 Å². The van der Waals surface area contributed by atoms with Gasteiger partial charge in [-0.25, -0.2) is 9.37 Å². The number of aliphatic hydroxyl groups is 1. The van der Waals surface area contributed by atoms with Gasteiger partial charge in [-0.05, 0) is 34.9 Å². The summed E-state index contributed by atoms with van der Waals surface area (Å²) < 4.78 is 14.4. The molecule has 1 heterocycles. The topological polar surface area (TPSA) is 105 Å². The Kier molecular flexibility index (Phi) is 4.40. The highest BCUT2D eigenvalue weighted by molar-refractivity contribution is 5.89. The number of benzene rings is 2. The average molecular weight is 338 g/mol. The molecule has 0 unspecified atom stereocenters. The number of nitrogens with two attached hydrogens (primary N) is 1. The van der Waals surface area contributed by atoms with Crippen LogP contribution >= 0.6 is 0 Å². The van der Waals surface area contributed by atoms with Crippen LogP contribution in [-0.4, -0.2) is 32.8 Å². The molecule has 0 spiro atoms. The highest BCUT2D eigenvalue weighted by Gasteiger charge is 2.15. The fourth-order valence-electron chi connectivity index (χ4n) is 2.48. The molecule has 1 aromatic heterocycles. The zero-order valence-corrected chi connectivity index (χ0v) is 13.2. The molecule has 0 atom stereocenters. The van der Waals surface area contributed by atoms with Crippen LogP contribution in [0.5, 0.6) is 0 Å². The van der Waals surface area contributed by atoms with Crippen molar-refractivity contribution in [1.29, 1.82) is 0 Å². The van der Waals surface area contributed by atoms with Crippen molar-refractivity contribution in [1.82, 2.24) is 15.2 Å². The first-order chi connectivity index (χ1) is 12.0. The first-order valence-corrected chi connectivity index (χ1v) is 7.41. The van der Waals surface area contributed by atoms with Gasteiger partial charge in [0.15, 0.2) is 5.82 Å². The Hall–Kier alpha value is -3.32. The molecule has 0 fully saturated rings. The number of aromatic amines is 1. The van der Waals surface area contributed by atoms with E-state index in [0.29, 0.717) is 27.8 Å². The Morgan fingerprint density at radius 2 is 2.00 bits per heavy atom. The molecule has 1 amide bonds. The van der Waals surface area contributed by atoms with Crippen LogP contribution in [0, 0.1) is 5.82 Å². The molecule has 3 aromatic rings. The zero-order chi connectivity index (χ0) is 18.0. The Labute approximate surface area is 142 Å². The molecule has 126 valence electrons. The monoisotopic (exact) mass is 338 g/mol. The number of carbonyl (C=O) groups excluding carboxylic acids is 1. The van der Waals surface area contributed by atoms with E-state index in [1.54, 1.807) is 30.3 Å². The van der Waals surface area contributed by atoms with E-state index in [0.717, 1.165) is 0 Å². The molecule has 0 bridgehead atoms. The Balaban J connectivity index is 2.12. The lowest BCUT2D eigenvalue weighted by Gasteiger charge is -2.12. The van der Waals surface area contributed by atoms with E-state index in [-0.39, 0.29) is 18.3 Å². The van der Waals surface area contributed by atoms with Crippen LogP contribution in [0.15, 0.2) is 49.0 Å². The highest BCUT2D eigenvalue weighted by Crippen LogP contribution is 2.32. The third-order valence-corrected chi connectivity index (χ3v) is 3.73. The van der Waals surface area contributed by atoms with Crippen LogP contribution in [0.2, 0.25) is 0 Å². The van der Waals surface area contributed by atoms with Gasteiger partial charge in [0, 0.05) is 11.1 Å². The molecule has 0 saturated heterocycles. The molecule has 0 saturated carbocycles. The van der Waals surface area contributed by atoms with Gasteiger partial charge in [0.1, 0.15) is 5.82 Å². The number of primary amides is 1. The summed E-state index contributed by atoms with van der Waals surface area (Å²) in [6.45, 7) is 3.57. The van der Waals surface area contributed by atoms with E-state index >= 15 is 0 Å². The van der Waals surface area contributed by atoms with Crippen LogP contribution in [0.25, 0.3) is 28.1 Å². The molecule has 0 aliphatic heterocycles. The predicted molar refractivity (Wildman–Crippen MR) is 91.9 cm³/mol. The van der Waals surface area contributed by atoms with Crippen molar-refractivity contribution in [3.63, 3.8) is 0 Å². The summed E-state index contributed by atoms with van der Waals surface area (Å²) in [5, 5.41) is 15.7. The first kappa shape index (κ1) is 16.5. The summed E-state index contributed by atoms with van der Waals surface area (Å²) in [5.41, 5.74) is 7.70. The molecular formula is C18H15FN4O2. The van der Waals surface area contributed by atoms with Crippen LogP contribution < -0.4 is 5.73 Å². The second-order valence-corrected chi connectivity index (χ2v) is 5.37. The summed E-state index contributed by atoms with van der Waals surface area (Å²) in [4.78, 5) is 15.1. The first-order valence-electron chi connectivity index (χ1n) is 7.41. The third kappa shape index (κ3) is 3.17. The van der Waals surface area contributed by atoms with Gasteiger partial charge in [-0.3, -0.25) is 9.89 Å². The minimum Gasteiger partial charge on any atom is -0.392 e. The number of amides is 1. The molecule has 0 radical (unpaired) electrons. The van der Waals surface area contributed by atoms with Gasteiger partial charge in [0.2, 0.25) is 5.82 Å². The second kappa shape index (κ2) is 6.66. The summed E-state index contributed by atoms with van der Waals surface area (Å²) in [6, 6.07) is 11.4. The molecule has 25 heavy (non-hydrogen) atoms. The fourth-order valence-corrected chi connectivity index (χ4v) is 2.48. The van der Waals surface area contributed by atoms with Gasteiger partial charge >= 0.3 is 0 Å². The number of halogens is 1. The number of nitrogens with zero attached hydrogens (tertiary/aromatic N) is 2. The van der Waals surface area contributed by atoms with Crippen molar-refractivity contribution < 1.29 is 14.3 Å². The number of nitrogens with one attached hydrogen (secondary N) is 1. The number of H-pyrrole nitrogens is 1. The number of rotatable bonds is 5. The number of aliphatic hydroxyl groups excluding tert-OH is 1. The standard InChI is InChI=1S/C18H15FN4O2/c1-10(9-24)12-4-2-3-5-13(12)14-8-11(6-7-15(14)19)17-21-18(16(20)25)23-22-17/h2-8,24H,1,9H2,(H2,20,25)(H,21,22,23). The van der Waals surface area contributed by atoms with E-state index in [1.807, 2.05) is 0 Å². The minimum absolute atomic E-state index is 0.0741. The van der Waals surface area contributed by atoms with Crippen molar-refractivity contribution >= 4 is 11.5 Å². The van der Waals surface area contributed by atoms with Crippen LogP contribution in [0.4, 0.5) is 4.39 Å². The lowest BCUT2D eigenvalue weighted by atomic mass is 9.94. The molecule has 6 nitrogen and oxygen atoms in total. The van der Waals surface area contributed by atoms with Gasteiger partial charge < -0.3 is 10.8 Å². The van der Waals surface area contributed by atoms with Crippen molar-refractivity contribution in [3.8, 4) is 22.5 Å². The second-order valence-electron chi connectivity index (χ2n) is 5.37. The smallest absolute Gasteiger partial charge is 0.286 e. The normalized spacial score (nSPS) is 10.6. The summed E-state index contributed by atoms with van der Waals surface area (Å²) >= 11 is 0. The summed E-state index contributed by atoms with van der Waals surface area (Å²) in [5.74, 6) is -1.01. The molecule has 4 N–H and O–H groups in total. The Bertz CT molecular complexity index is 965. The van der Waals surface area contributed by atoms with E-state index in [1.165, 1.54) is 12.1 Å². The molecule has 7 heteroatoms. The largest absolute Gasteiger partial charge is 0.392 e. The quantitative estimate of drug-likeness (QED) is 0.664. The van der Waals surface area contributed by atoms with Crippen molar-refractivity contribution in [2.24, 2.45) is 5.73 Å². The number of aromatic nitrogens is 3. The molecule has 2 aromatic carbocycles. The SMILES string of the molecule is C=C(CO)c1ccccc1-c1cc(-c2n[nH]c(C(N)=O)n2)ccc1F. The van der Waals surface area contributed by atoms with Gasteiger partial charge in [0.05, 0.1) is 6.61 Å². The summed E-state index contributed by atoms with van der Waals surface area (Å²) in [6.07, 6.45) is 0.